The van der Waals surface area contributed by atoms with Gasteiger partial charge in [0.1, 0.15) is 11.5 Å². The Morgan fingerprint density at radius 3 is 2.50 bits per heavy atom. The quantitative estimate of drug-likeness (QED) is 0.814. The van der Waals surface area contributed by atoms with E-state index in [2.05, 4.69) is 15.5 Å². The first-order valence-corrected chi connectivity index (χ1v) is 8.03. The number of carbonyl (C=O) groups is 2. The minimum absolute atomic E-state index is 0.0518. The fourth-order valence-corrected chi connectivity index (χ4v) is 2.85. The van der Waals surface area contributed by atoms with Crippen molar-refractivity contribution in [3.05, 3.63) is 18.2 Å². The van der Waals surface area contributed by atoms with E-state index in [1.165, 1.54) is 0 Å². The maximum Gasteiger partial charge on any atom is 0.238 e. The van der Waals surface area contributed by atoms with Gasteiger partial charge in [0.15, 0.2) is 0 Å². The van der Waals surface area contributed by atoms with E-state index in [-0.39, 0.29) is 17.7 Å². The lowest BCUT2D eigenvalue weighted by atomic mass is 9.96. The third-order valence-corrected chi connectivity index (χ3v) is 4.25. The van der Waals surface area contributed by atoms with Crippen molar-refractivity contribution in [3.8, 4) is 11.5 Å². The summed E-state index contributed by atoms with van der Waals surface area (Å²) in [6, 6.07) is 5.25. The van der Waals surface area contributed by atoms with E-state index >= 15 is 0 Å². The van der Waals surface area contributed by atoms with E-state index in [0.717, 1.165) is 25.9 Å². The first kappa shape index (κ1) is 18.1. The number of likely N-dealkylation sites (tertiary alicyclic amines) is 1. The van der Waals surface area contributed by atoms with E-state index in [0.29, 0.717) is 23.7 Å². The van der Waals surface area contributed by atoms with Crippen molar-refractivity contribution in [2.45, 2.75) is 12.8 Å². The summed E-state index contributed by atoms with van der Waals surface area (Å²) in [5.41, 5.74) is 0.614. The van der Waals surface area contributed by atoms with Crippen molar-refractivity contribution >= 4 is 17.5 Å². The van der Waals surface area contributed by atoms with Crippen LogP contribution in [0.15, 0.2) is 18.2 Å². The average molecular weight is 335 g/mol. The second kappa shape index (κ2) is 8.54. The Labute approximate surface area is 142 Å². The Morgan fingerprint density at radius 1 is 1.21 bits per heavy atom. The maximum absolute atomic E-state index is 12.3. The van der Waals surface area contributed by atoms with Gasteiger partial charge in [-0.05, 0) is 38.1 Å². The molecular formula is C17H25N3O4. The van der Waals surface area contributed by atoms with E-state index < -0.39 is 0 Å². The largest absolute Gasteiger partial charge is 0.497 e. The highest BCUT2D eigenvalue weighted by atomic mass is 16.5. The molecule has 0 saturated carbocycles. The summed E-state index contributed by atoms with van der Waals surface area (Å²) in [7, 11) is 4.79. The number of ether oxygens (including phenoxy) is 2. The molecule has 2 amide bonds. The highest BCUT2D eigenvalue weighted by Gasteiger charge is 2.25. The third-order valence-electron chi connectivity index (χ3n) is 4.25. The molecule has 132 valence electrons. The lowest BCUT2D eigenvalue weighted by Gasteiger charge is -2.30. The Hall–Kier alpha value is -2.28. The molecule has 0 atom stereocenters. The van der Waals surface area contributed by atoms with Gasteiger partial charge in [-0.1, -0.05) is 0 Å². The number of nitrogens with zero attached hydrogens (tertiary/aromatic N) is 1. The molecule has 0 radical (unpaired) electrons. The topological polar surface area (TPSA) is 79.9 Å². The van der Waals surface area contributed by atoms with Crippen LogP contribution >= 0.6 is 0 Å². The Bertz CT molecular complexity index is 583. The van der Waals surface area contributed by atoms with Crippen molar-refractivity contribution in [3.63, 3.8) is 0 Å². The number of anilines is 1. The van der Waals surface area contributed by atoms with E-state index in [4.69, 9.17) is 9.47 Å². The first-order chi connectivity index (χ1) is 11.6. The van der Waals surface area contributed by atoms with Gasteiger partial charge in [-0.15, -0.1) is 0 Å². The molecule has 7 heteroatoms. The predicted octanol–water partition coefficient (Wildman–Crippen LogP) is 1.10. The summed E-state index contributed by atoms with van der Waals surface area (Å²) in [6.07, 6.45) is 1.55. The normalized spacial score (nSPS) is 15.6. The minimum atomic E-state index is -0.100. The first-order valence-electron chi connectivity index (χ1n) is 8.03. The number of piperidine rings is 1. The van der Waals surface area contributed by atoms with Crippen LogP contribution in [0.2, 0.25) is 0 Å². The third kappa shape index (κ3) is 4.61. The molecule has 0 aromatic heterocycles. The second-order valence-corrected chi connectivity index (χ2v) is 5.78. The molecular weight excluding hydrogens is 310 g/mol. The molecule has 2 rings (SSSR count). The molecule has 1 aliphatic rings. The average Bonchev–Trinajstić information content (AvgIpc) is 2.61. The van der Waals surface area contributed by atoms with Crippen molar-refractivity contribution in [1.29, 1.82) is 0 Å². The zero-order valence-electron chi connectivity index (χ0n) is 14.4. The highest BCUT2D eigenvalue weighted by molar-refractivity contribution is 5.93. The number of rotatable bonds is 6. The minimum Gasteiger partial charge on any atom is -0.497 e. The van der Waals surface area contributed by atoms with Gasteiger partial charge in [0, 0.05) is 19.0 Å². The van der Waals surface area contributed by atoms with Gasteiger partial charge < -0.3 is 20.1 Å². The van der Waals surface area contributed by atoms with E-state index in [1.54, 1.807) is 39.5 Å². The summed E-state index contributed by atoms with van der Waals surface area (Å²) >= 11 is 0. The number of hydrogen-bond donors (Lipinski definition) is 2. The van der Waals surface area contributed by atoms with Crippen LogP contribution in [0.1, 0.15) is 12.8 Å². The summed E-state index contributed by atoms with van der Waals surface area (Å²) in [6.45, 7) is 1.78. The Morgan fingerprint density at radius 2 is 1.92 bits per heavy atom. The van der Waals surface area contributed by atoms with Gasteiger partial charge in [0.05, 0.1) is 26.5 Å². The Kier molecular flexibility index (Phi) is 6.43. The summed E-state index contributed by atoms with van der Waals surface area (Å²) in [5.74, 6) is 1.26. The fourth-order valence-electron chi connectivity index (χ4n) is 2.85. The number of nitrogens with one attached hydrogen (secondary N) is 2. The van der Waals surface area contributed by atoms with E-state index in [9.17, 15) is 9.59 Å². The molecule has 1 aliphatic heterocycles. The monoisotopic (exact) mass is 335 g/mol. The molecule has 0 unspecified atom stereocenters. The predicted molar refractivity (Wildman–Crippen MR) is 91.4 cm³/mol. The smallest absolute Gasteiger partial charge is 0.238 e. The molecule has 1 saturated heterocycles. The maximum atomic E-state index is 12.3. The highest BCUT2D eigenvalue weighted by Crippen LogP contribution is 2.29. The molecule has 1 aromatic rings. The summed E-state index contributed by atoms with van der Waals surface area (Å²) < 4.78 is 10.4. The standard InChI is InChI=1S/C17H25N3O4/c1-18-17(22)12-6-8-20(9-7-12)11-16(21)19-14-5-4-13(23-2)10-15(14)24-3/h4-5,10,12H,6-9,11H2,1-3H3,(H,18,22)(H,19,21). The molecule has 1 aromatic carbocycles. The number of methoxy groups -OCH3 is 2. The molecule has 0 spiro atoms. The molecule has 1 fully saturated rings. The van der Waals surface area contributed by atoms with Gasteiger partial charge >= 0.3 is 0 Å². The lowest BCUT2D eigenvalue weighted by Crippen LogP contribution is -2.42. The number of benzene rings is 1. The second-order valence-electron chi connectivity index (χ2n) is 5.78. The molecule has 24 heavy (non-hydrogen) atoms. The van der Waals surface area contributed by atoms with Crippen LogP contribution in [-0.4, -0.2) is 57.6 Å². The van der Waals surface area contributed by atoms with E-state index in [1.807, 2.05) is 0 Å². The van der Waals surface area contributed by atoms with Gasteiger partial charge in [0.2, 0.25) is 11.8 Å². The molecule has 0 aliphatic carbocycles. The number of hydrogen-bond acceptors (Lipinski definition) is 5. The van der Waals surface area contributed by atoms with Gasteiger partial charge in [0.25, 0.3) is 0 Å². The summed E-state index contributed by atoms with van der Waals surface area (Å²) in [4.78, 5) is 25.9. The molecule has 7 nitrogen and oxygen atoms in total. The van der Waals surface area contributed by atoms with Crippen LogP contribution < -0.4 is 20.1 Å². The van der Waals surface area contributed by atoms with Crippen LogP contribution in [0.25, 0.3) is 0 Å². The lowest BCUT2D eigenvalue weighted by molar-refractivity contribution is -0.126. The van der Waals surface area contributed by atoms with Gasteiger partial charge in [-0.2, -0.15) is 0 Å². The van der Waals surface area contributed by atoms with Crippen molar-refractivity contribution in [2.24, 2.45) is 5.92 Å². The van der Waals surface area contributed by atoms with Crippen molar-refractivity contribution in [1.82, 2.24) is 10.2 Å². The molecule has 1 heterocycles. The number of amides is 2. The van der Waals surface area contributed by atoms with Crippen molar-refractivity contribution in [2.75, 3.05) is 46.2 Å². The number of carbonyl (C=O) groups excluding carboxylic acids is 2. The fraction of sp³-hybridized carbons (Fsp3) is 0.529. The SMILES string of the molecule is CNC(=O)C1CCN(CC(=O)Nc2ccc(OC)cc2OC)CC1. The van der Waals surface area contributed by atoms with Crippen LogP contribution in [-0.2, 0) is 9.59 Å². The van der Waals surface area contributed by atoms with Gasteiger partial charge in [-0.25, -0.2) is 0 Å². The van der Waals surface area contributed by atoms with Crippen molar-refractivity contribution < 1.29 is 19.1 Å². The van der Waals surface area contributed by atoms with Crippen LogP contribution in [0.5, 0.6) is 11.5 Å². The van der Waals surface area contributed by atoms with Gasteiger partial charge in [-0.3, -0.25) is 14.5 Å². The van der Waals surface area contributed by atoms with Crippen LogP contribution in [0.3, 0.4) is 0 Å². The Balaban J connectivity index is 1.87. The zero-order chi connectivity index (χ0) is 17.5. The molecule has 0 bridgehead atoms. The molecule has 2 N–H and O–H groups in total. The summed E-state index contributed by atoms with van der Waals surface area (Å²) in [5, 5.41) is 5.55. The van der Waals surface area contributed by atoms with Crippen LogP contribution in [0, 0.1) is 5.92 Å². The van der Waals surface area contributed by atoms with Crippen LogP contribution in [0.4, 0.5) is 5.69 Å². The zero-order valence-corrected chi connectivity index (χ0v) is 14.4.